The van der Waals surface area contributed by atoms with Crippen molar-refractivity contribution in [2.45, 2.75) is 30.0 Å². The van der Waals surface area contributed by atoms with Crippen LogP contribution in [-0.4, -0.2) is 52.0 Å². The minimum absolute atomic E-state index is 0.162. The second kappa shape index (κ2) is 6.36. The molecule has 0 saturated carbocycles. The number of benzene rings is 1. The van der Waals surface area contributed by atoms with Gasteiger partial charge < -0.3 is 25.5 Å². The number of aromatic nitrogens is 1. The van der Waals surface area contributed by atoms with Crippen molar-refractivity contribution < 1.29 is 19.4 Å². The van der Waals surface area contributed by atoms with Crippen LogP contribution in [0.4, 0.5) is 0 Å². The summed E-state index contributed by atoms with van der Waals surface area (Å²) < 4.78 is 5.45. The highest BCUT2D eigenvalue weighted by molar-refractivity contribution is 8.00. The van der Waals surface area contributed by atoms with Gasteiger partial charge in [-0.1, -0.05) is 18.2 Å². The Morgan fingerprint density at radius 1 is 1.24 bits per heavy atom. The topological polar surface area (TPSA) is 103 Å². The standard InChI is InChI=1S/C17H21N3O4S/c1-10(21)17(25-3)15(23)19-16(24-2,14(22)20-17)8-11-9-18-13-7-5-4-6-12(11)13/h4-7,9-10,18,21H,8H2,1-3H3,(H,19,23)(H,20,22)/t10?,16-,17-/m0/s1. The quantitative estimate of drug-likeness (QED) is 0.627. The minimum Gasteiger partial charge on any atom is -0.389 e. The molecule has 2 amide bonds. The van der Waals surface area contributed by atoms with Crippen molar-refractivity contribution in [1.82, 2.24) is 15.6 Å². The predicted octanol–water partition coefficient (Wildman–Crippen LogP) is 0.739. The first-order valence-electron chi connectivity index (χ1n) is 7.87. The summed E-state index contributed by atoms with van der Waals surface area (Å²) in [6.45, 7) is 1.47. The number of H-pyrrole nitrogens is 1. The lowest BCUT2D eigenvalue weighted by molar-refractivity contribution is -0.165. The summed E-state index contributed by atoms with van der Waals surface area (Å²) in [5.41, 5.74) is 0.256. The summed E-state index contributed by atoms with van der Waals surface area (Å²) in [4.78, 5) is 27.3. The van der Waals surface area contributed by atoms with Gasteiger partial charge in [-0.2, -0.15) is 0 Å². The molecule has 1 aromatic heterocycles. The fraction of sp³-hybridized carbons (Fsp3) is 0.412. The number of carbonyl (C=O) groups excluding carboxylic acids is 2. The summed E-state index contributed by atoms with van der Waals surface area (Å²) in [6, 6.07) is 7.70. The maximum atomic E-state index is 12.8. The Kier molecular flexibility index (Phi) is 4.52. The average molecular weight is 363 g/mol. The second-order valence-corrected chi connectivity index (χ2v) is 7.14. The van der Waals surface area contributed by atoms with E-state index >= 15 is 0 Å². The number of para-hydroxylation sites is 1. The molecule has 1 fully saturated rings. The van der Waals surface area contributed by atoms with E-state index in [1.807, 2.05) is 24.3 Å². The van der Waals surface area contributed by atoms with Crippen molar-refractivity contribution in [3.05, 3.63) is 36.0 Å². The van der Waals surface area contributed by atoms with Gasteiger partial charge in [0.2, 0.25) is 5.72 Å². The van der Waals surface area contributed by atoms with E-state index in [0.717, 1.165) is 28.2 Å². The maximum Gasteiger partial charge on any atom is 0.275 e. The maximum absolute atomic E-state index is 12.8. The number of ether oxygens (including phenoxy) is 1. The van der Waals surface area contributed by atoms with Crippen molar-refractivity contribution in [3.8, 4) is 0 Å². The van der Waals surface area contributed by atoms with Crippen LogP contribution in [0.15, 0.2) is 30.5 Å². The van der Waals surface area contributed by atoms with Gasteiger partial charge >= 0.3 is 0 Å². The fourth-order valence-electron chi connectivity index (χ4n) is 3.15. The highest BCUT2D eigenvalue weighted by atomic mass is 32.2. The van der Waals surface area contributed by atoms with Crippen molar-refractivity contribution in [2.24, 2.45) is 0 Å². The molecule has 2 heterocycles. The van der Waals surface area contributed by atoms with E-state index in [1.165, 1.54) is 14.0 Å². The molecule has 25 heavy (non-hydrogen) atoms. The molecule has 0 spiro atoms. The summed E-state index contributed by atoms with van der Waals surface area (Å²) in [5.74, 6) is -0.980. The van der Waals surface area contributed by atoms with Crippen LogP contribution < -0.4 is 10.6 Å². The molecule has 1 unspecified atom stereocenters. The SMILES string of the molecule is CO[C@]1(Cc2c[nH]c3ccccc23)NC(=O)[C@@](SC)(C(C)O)NC1=O. The van der Waals surface area contributed by atoms with Gasteiger partial charge in [0.05, 0.1) is 6.10 Å². The Morgan fingerprint density at radius 3 is 2.60 bits per heavy atom. The monoisotopic (exact) mass is 363 g/mol. The van der Waals surface area contributed by atoms with Crippen LogP contribution in [0.1, 0.15) is 12.5 Å². The number of thioether (sulfide) groups is 1. The number of amides is 2. The number of hydrogen-bond acceptors (Lipinski definition) is 5. The molecule has 0 radical (unpaired) electrons. The zero-order valence-corrected chi connectivity index (χ0v) is 15.1. The Balaban J connectivity index is 1.96. The van der Waals surface area contributed by atoms with E-state index in [9.17, 15) is 14.7 Å². The van der Waals surface area contributed by atoms with E-state index in [-0.39, 0.29) is 6.42 Å². The number of aromatic amines is 1. The van der Waals surface area contributed by atoms with Crippen LogP contribution in [0, 0.1) is 0 Å². The van der Waals surface area contributed by atoms with E-state index in [4.69, 9.17) is 4.74 Å². The molecule has 134 valence electrons. The minimum atomic E-state index is -1.53. The zero-order valence-electron chi connectivity index (χ0n) is 14.3. The first-order valence-corrected chi connectivity index (χ1v) is 9.09. The van der Waals surface area contributed by atoms with Gasteiger partial charge in [-0.05, 0) is 24.8 Å². The molecule has 1 aromatic carbocycles. The first kappa shape index (κ1) is 17.8. The number of rotatable bonds is 5. The van der Waals surface area contributed by atoms with Gasteiger partial charge in [0.25, 0.3) is 11.8 Å². The normalized spacial score (nSPS) is 27.8. The zero-order chi connectivity index (χ0) is 18.2. The molecular formula is C17H21N3O4S. The summed E-state index contributed by atoms with van der Waals surface area (Å²) in [5, 5.41) is 16.3. The number of piperazine rings is 1. The lowest BCUT2D eigenvalue weighted by Gasteiger charge is -2.45. The molecular weight excluding hydrogens is 342 g/mol. The number of aliphatic hydroxyl groups excluding tert-OH is 1. The summed E-state index contributed by atoms with van der Waals surface area (Å²) >= 11 is 1.08. The highest BCUT2D eigenvalue weighted by Crippen LogP contribution is 2.32. The van der Waals surface area contributed by atoms with Crippen LogP contribution in [0.25, 0.3) is 10.9 Å². The average Bonchev–Trinajstić information content (AvgIpc) is 3.00. The molecule has 0 bridgehead atoms. The fourth-order valence-corrected chi connectivity index (χ4v) is 3.93. The molecule has 4 N–H and O–H groups in total. The van der Waals surface area contributed by atoms with Gasteiger partial charge in [0.1, 0.15) is 0 Å². The molecule has 2 aromatic rings. The third kappa shape index (κ3) is 2.70. The van der Waals surface area contributed by atoms with E-state index in [1.54, 1.807) is 12.5 Å². The number of carbonyl (C=O) groups is 2. The van der Waals surface area contributed by atoms with Crippen molar-refractivity contribution in [1.29, 1.82) is 0 Å². The Labute approximate surface area is 149 Å². The third-order valence-electron chi connectivity index (χ3n) is 4.69. The molecule has 1 aliphatic heterocycles. The third-order valence-corrected chi connectivity index (χ3v) is 5.96. The molecule has 8 heteroatoms. The number of methoxy groups -OCH3 is 1. The van der Waals surface area contributed by atoms with Crippen LogP contribution in [0.3, 0.4) is 0 Å². The predicted molar refractivity (Wildman–Crippen MR) is 96.0 cm³/mol. The van der Waals surface area contributed by atoms with E-state index in [0.29, 0.717) is 0 Å². The number of aliphatic hydroxyl groups is 1. The number of hydrogen-bond donors (Lipinski definition) is 4. The molecule has 3 rings (SSSR count). The second-order valence-electron chi connectivity index (χ2n) is 6.09. The van der Waals surface area contributed by atoms with E-state index < -0.39 is 28.5 Å². The molecule has 1 aliphatic rings. The molecule has 0 aliphatic carbocycles. The lowest BCUT2D eigenvalue weighted by Crippen LogP contribution is -2.77. The first-order chi connectivity index (χ1) is 11.9. The van der Waals surface area contributed by atoms with Crippen LogP contribution >= 0.6 is 11.8 Å². The van der Waals surface area contributed by atoms with Gasteiger partial charge in [-0.15, -0.1) is 11.8 Å². The van der Waals surface area contributed by atoms with Gasteiger partial charge in [-0.25, -0.2) is 0 Å². The Bertz CT molecular complexity index is 821. The lowest BCUT2D eigenvalue weighted by atomic mass is 9.96. The smallest absolute Gasteiger partial charge is 0.275 e. The molecule has 1 saturated heterocycles. The van der Waals surface area contributed by atoms with Crippen molar-refractivity contribution in [2.75, 3.05) is 13.4 Å². The van der Waals surface area contributed by atoms with Crippen LogP contribution in [-0.2, 0) is 20.7 Å². The Morgan fingerprint density at radius 2 is 1.96 bits per heavy atom. The largest absolute Gasteiger partial charge is 0.389 e. The molecule has 7 nitrogen and oxygen atoms in total. The van der Waals surface area contributed by atoms with E-state index in [2.05, 4.69) is 15.6 Å². The van der Waals surface area contributed by atoms with Gasteiger partial charge in [0, 0.05) is 30.6 Å². The Hall–Kier alpha value is -2.03. The van der Waals surface area contributed by atoms with Crippen LogP contribution in [0.5, 0.6) is 0 Å². The van der Waals surface area contributed by atoms with Gasteiger partial charge in [0.15, 0.2) is 4.87 Å². The number of nitrogens with one attached hydrogen (secondary N) is 3. The van der Waals surface area contributed by atoms with Crippen molar-refractivity contribution >= 4 is 34.5 Å². The van der Waals surface area contributed by atoms with Crippen LogP contribution in [0.2, 0.25) is 0 Å². The highest BCUT2D eigenvalue weighted by Gasteiger charge is 2.56. The van der Waals surface area contributed by atoms with Crippen molar-refractivity contribution in [3.63, 3.8) is 0 Å². The number of fused-ring (bicyclic) bond motifs is 1. The summed E-state index contributed by atoms with van der Waals surface area (Å²) in [7, 11) is 1.38. The summed E-state index contributed by atoms with van der Waals surface area (Å²) in [6.07, 6.45) is 2.56. The molecule has 3 atom stereocenters. The van der Waals surface area contributed by atoms with Gasteiger partial charge in [-0.3, -0.25) is 9.59 Å².